The summed E-state index contributed by atoms with van der Waals surface area (Å²) in [5.74, 6) is -2.07. The lowest BCUT2D eigenvalue weighted by molar-refractivity contribution is -0.0901. The average Bonchev–Trinajstić information content (AvgIpc) is 2.86. The van der Waals surface area contributed by atoms with Gasteiger partial charge >= 0.3 is 6.18 Å². The predicted molar refractivity (Wildman–Crippen MR) is 84.7 cm³/mol. The normalized spacial score (nSPS) is 13.1. The summed E-state index contributed by atoms with van der Waals surface area (Å²) in [6.07, 6.45) is -5.12. The smallest absolute Gasteiger partial charge is 0.451 e. The standard InChI is InChI=1S/C16H13F3N4O3/c1-26-10-7-11-22(8-9-5-3-2-4-6-9)12(13(24)16(17,18)19)14(25)23(11)15(20)21-10/h2-7,20,24H,8H2,1H3/b13-12-,20-15?. The number of hydrogen-bond donors (Lipinski definition) is 2. The monoisotopic (exact) mass is 366 g/mol. The minimum absolute atomic E-state index is 0.0418. The lowest BCUT2D eigenvalue weighted by Gasteiger charge is -2.09. The maximum Gasteiger partial charge on any atom is 0.451 e. The van der Waals surface area contributed by atoms with Gasteiger partial charge in [0.05, 0.1) is 7.11 Å². The molecule has 0 bridgehead atoms. The first-order chi connectivity index (χ1) is 12.2. The van der Waals surface area contributed by atoms with Crippen molar-refractivity contribution in [2.45, 2.75) is 12.7 Å². The number of ether oxygens (including phenoxy) is 1. The van der Waals surface area contributed by atoms with Crippen molar-refractivity contribution in [3.63, 3.8) is 0 Å². The summed E-state index contributed by atoms with van der Waals surface area (Å²) < 4.78 is 45.8. The van der Waals surface area contributed by atoms with E-state index in [1.807, 2.05) is 0 Å². The van der Waals surface area contributed by atoms with Gasteiger partial charge in [-0.2, -0.15) is 18.2 Å². The molecule has 0 aliphatic rings. The Morgan fingerprint density at radius 3 is 2.54 bits per heavy atom. The summed E-state index contributed by atoms with van der Waals surface area (Å²) in [6.45, 7) is -0.130. The van der Waals surface area contributed by atoms with Gasteiger partial charge in [0.15, 0.2) is 5.35 Å². The van der Waals surface area contributed by atoms with Crippen molar-refractivity contribution in [2.75, 3.05) is 7.11 Å². The number of halogens is 3. The van der Waals surface area contributed by atoms with Crippen LogP contribution >= 0.6 is 0 Å². The van der Waals surface area contributed by atoms with Crippen molar-refractivity contribution in [1.29, 1.82) is 5.41 Å². The van der Waals surface area contributed by atoms with E-state index in [4.69, 9.17) is 10.1 Å². The van der Waals surface area contributed by atoms with E-state index in [0.29, 0.717) is 9.96 Å². The molecule has 2 N–H and O–H groups in total. The second-order valence-corrected chi connectivity index (χ2v) is 5.39. The number of methoxy groups -OCH3 is 1. The SMILES string of the molecule is COc1cc2n(Cc3ccccc3)/c(=C(\O)C(F)(F)F)c(=O)n2c(=N)n1. The molecule has 136 valence electrons. The summed E-state index contributed by atoms with van der Waals surface area (Å²) in [5.41, 5.74) is -1.25. The fourth-order valence-electron chi connectivity index (χ4n) is 2.60. The van der Waals surface area contributed by atoms with Gasteiger partial charge in [-0.15, -0.1) is 0 Å². The average molecular weight is 366 g/mol. The summed E-state index contributed by atoms with van der Waals surface area (Å²) in [6, 6.07) is 9.68. The maximum atomic E-state index is 13.1. The Bertz CT molecular complexity index is 1130. The molecule has 0 aliphatic carbocycles. The number of benzene rings is 1. The summed E-state index contributed by atoms with van der Waals surface area (Å²) in [4.78, 5) is 16.2. The first-order valence-corrected chi connectivity index (χ1v) is 7.33. The highest BCUT2D eigenvalue weighted by Gasteiger charge is 2.37. The van der Waals surface area contributed by atoms with Crippen molar-refractivity contribution in [3.05, 3.63) is 63.3 Å². The Kier molecular flexibility index (Phi) is 4.18. The van der Waals surface area contributed by atoms with Crippen molar-refractivity contribution in [3.8, 4) is 5.88 Å². The molecule has 0 aliphatic heterocycles. The number of nitrogens with one attached hydrogen (secondary N) is 1. The number of nitrogens with zero attached hydrogens (tertiary/aromatic N) is 3. The van der Waals surface area contributed by atoms with Crippen LogP contribution in [0, 0.1) is 5.41 Å². The summed E-state index contributed by atoms with van der Waals surface area (Å²) in [7, 11) is 1.28. The molecule has 0 unspecified atom stereocenters. The second-order valence-electron chi connectivity index (χ2n) is 5.39. The Labute approximate surface area is 143 Å². The van der Waals surface area contributed by atoms with E-state index < -0.39 is 28.5 Å². The topological polar surface area (TPSA) is 92.6 Å². The van der Waals surface area contributed by atoms with Gasteiger partial charge in [-0.05, 0) is 5.56 Å². The number of fused-ring (bicyclic) bond motifs is 1. The number of rotatable bonds is 3. The maximum absolute atomic E-state index is 13.1. The first-order valence-electron chi connectivity index (χ1n) is 7.33. The number of aliphatic hydroxyl groups is 1. The number of aliphatic hydroxyl groups excluding tert-OH is 1. The highest BCUT2D eigenvalue weighted by atomic mass is 19.4. The largest absolute Gasteiger partial charge is 0.503 e. The van der Waals surface area contributed by atoms with Crippen LogP contribution in [0.15, 0.2) is 41.2 Å². The van der Waals surface area contributed by atoms with E-state index in [2.05, 4.69) is 4.98 Å². The van der Waals surface area contributed by atoms with E-state index in [1.54, 1.807) is 30.3 Å². The van der Waals surface area contributed by atoms with Gasteiger partial charge < -0.3 is 14.4 Å². The van der Waals surface area contributed by atoms with Gasteiger partial charge in [-0.25, -0.2) is 4.40 Å². The van der Waals surface area contributed by atoms with Gasteiger partial charge in [0.25, 0.3) is 5.56 Å². The van der Waals surface area contributed by atoms with Gasteiger partial charge in [-0.1, -0.05) is 30.3 Å². The molecule has 0 atom stereocenters. The molecule has 0 amide bonds. The fourth-order valence-corrected chi connectivity index (χ4v) is 2.60. The van der Waals surface area contributed by atoms with Crippen LogP contribution in [0.2, 0.25) is 0 Å². The quantitative estimate of drug-likeness (QED) is 0.723. The van der Waals surface area contributed by atoms with Crippen molar-refractivity contribution in [1.82, 2.24) is 14.0 Å². The molecule has 10 heteroatoms. The Morgan fingerprint density at radius 1 is 1.31 bits per heavy atom. The van der Waals surface area contributed by atoms with Gasteiger partial charge in [0.1, 0.15) is 5.65 Å². The first kappa shape index (κ1) is 17.5. The van der Waals surface area contributed by atoms with Crippen molar-refractivity contribution < 1.29 is 23.0 Å². The summed E-state index contributed by atoms with van der Waals surface area (Å²) in [5, 5.41) is 16.5. The molecule has 0 spiro atoms. The molecular formula is C16H13F3N4O3. The van der Waals surface area contributed by atoms with Crippen LogP contribution in [0.1, 0.15) is 5.56 Å². The lowest BCUT2D eigenvalue weighted by Crippen LogP contribution is -2.39. The van der Waals surface area contributed by atoms with E-state index in [1.165, 1.54) is 13.2 Å². The number of imidazole rings is 1. The van der Waals surface area contributed by atoms with Crippen LogP contribution in [0.5, 0.6) is 5.88 Å². The van der Waals surface area contributed by atoms with E-state index in [-0.39, 0.29) is 18.1 Å². The lowest BCUT2D eigenvalue weighted by atomic mass is 10.2. The van der Waals surface area contributed by atoms with Crippen LogP contribution in [0.25, 0.3) is 11.4 Å². The van der Waals surface area contributed by atoms with Crippen LogP contribution < -0.4 is 21.3 Å². The van der Waals surface area contributed by atoms with Crippen LogP contribution in [-0.2, 0) is 6.54 Å². The van der Waals surface area contributed by atoms with Crippen LogP contribution in [0.3, 0.4) is 0 Å². The van der Waals surface area contributed by atoms with E-state index >= 15 is 0 Å². The van der Waals surface area contributed by atoms with Gasteiger partial charge in [0, 0.05) is 12.6 Å². The zero-order valence-electron chi connectivity index (χ0n) is 13.4. The Balaban J connectivity index is 2.48. The van der Waals surface area contributed by atoms with Crippen molar-refractivity contribution >= 4 is 11.4 Å². The molecule has 0 radical (unpaired) electrons. The number of alkyl halides is 3. The third-order valence-electron chi connectivity index (χ3n) is 3.75. The molecule has 2 aromatic heterocycles. The van der Waals surface area contributed by atoms with Crippen LogP contribution in [-0.4, -0.2) is 32.3 Å². The molecule has 26 heavy (non-hydrogen) atoms. The zero-order valence-corrected chi connectivity index (χ0v) is 13.4. The molecule has 3 aromatic rings. The van der Waals surface area contributed by atoms with Crippen LogP contribution in [0.4, 0.5) is 13.2 Å². The molecule has 7 nitrogen and oxygen atoms in total. The third kappa shape index (κ3) is 2.89. The second kappa shape index (κ2) is 6.21. The molecule has 0 saturated carbocycles. The predicted octanol–water partition coefficient (Wildman–Crippen LogP) is 0.980. The zero-order chi connectivity index (χ0) is 19.1. The molecular weight excluding hydrogens is 353 g/mol. The number of aromatic nitrogens is 3. The highest BCUT2D eigenvalue weighted by molar-refractivity contribution is 5.48. The third-order valence-corrected chi connectivity index (χ3v) is 3.75. The molecule has 1 aromatic carbocycles. The van der Waals surface area contributed by atoms with Crippen molar-refractivity contribution in [2.24, 2.45) is 0 Å². The molecule has 0 fully saturated rings. The number of hydrogen-bond acceptors (Lipinski definition) is 5. The minimum atomic E-state index is -5.12. The van der Waals surface area contributed by atoms with E-state index in [0.717, 1.165) is 4.57 Å². The van der Waals surface area contributed by atoms with Gasteiger partial charge in [-0.3, -0.25) is 10.2 Å². The molecule has 2 heterocycles. The fraction of sp³-hybridized carbons (Fsp3) is 0.188. The summed E-state index contributed by atoms with van der Waals surface area (Å²) >= 11 is 0. The molecule has 3 rings (SSSR count). The van der Waals surface area contributed by atoms with E-state index in [9.17, 15) is 23.1 Å². The minimum Gasteiger partial charge on any atom is -0.503 e. The molecule has 0 saturated heterocycles. The Hall–Kier alpha value is -3.30. The Morgan fingerprint density at radius 2 is 1.96 bits per heavy atom. The van der Waals surface area contributed by atoms with Gasteiger partial charge in [0.2, 0.25) is 17.3 Å². The highest BCUT2D eigenvalue weighted by Crippen LogP contribution is 2.23.